The Labute approximate surface area is 110 Å². The predicted molar refractivity (Wildman–Crippen MR) is 71.4 cm³/mol. The van der Waals surface area contributed by atoms with Gasteiger partial charge in [-0.15, -0.1) is 0 Å². The zero-order valence-corrected chi connectivity index (χ0v) is 11.0. The van der Waals surface area contributed by atoms with Crippen molar-refractivity contribution in [2.24, 2.45) is 0 Å². The van der Waals surface area contributed by atoms with Crippen molar-refractivity contribution in [2.45, 2.75) is 39.2 Å². The van der Waals surface area contributed by atoms with Gasteiger partial charge < -0.3 is 9.52 Å². The van der Waals surface area contributed by atoms with Crippen LogP contribution in [0.15, 0.2) is 27.4 Å². The van der Waals surface area contributed by atoms with Crippen LogP contribution in [0.3, 0.4) is 0 Å². The molecular weight excluding hydrogens is 246 g/mol. The first kappa shape index (κ1) is 13.4. The van der Waals surface area contributed by atoms with E-state index in [4.69, 9.17) is 9.52 Å². The summed E-state index contributed by atoms with van der Waals surface area (Å²) in [5, 5.41) is 8.69. The Morgan fingerprint density at radius 1 is 1.47 bits per heavy atom. The average molecular weight is 263 g/mol. The summed E-state index contributed by atoms with van der Waals surface area (Å²) in [6.45, 7) is 4.43. The SMILES string of the molecule is CCn1c(=O)oc2cc(C(C)CCC(=O)O)ccc21. The van der Waals surface area contributed by atoms with Crippen LogP contribution in [0, 0.1) is 0 Å². The monoisotopic (exact) mass is 263 g/mol. The van der Waals surface area contributed by atoms with Gasteiger partial charge in [0.1, 0.15) is 0 Å². The van der Waals surface area contributed by atoms with Crippen molar-refractivity contribution in [1.82, 2.24) is 4.57 Å². The van der Waals surface area contributed by atoms with Gasteiger partial charge in [-0.3, -0.25) is 9.36 Å². The normalized spacial score (nSPS) is 12.7. The van der Waals surface area contributed by atoms with Crippen LogP contribution in [0.1, 0.15) is 38.2 Å². The Kier molecular flexibility index (Phi) is 3.74. The van der Waals surface area contributed by atoms with Gasteiger partial charge in [0.25, 0.3) is 0 Å². The summed E-state index contributed by atoms with van der Waals surface area (Å²) in [5.41, 5.74) is 2.33. The van der Waals surface area contributed by atoms with E-state index in [1.807, 2.05) is 32.0 Å². The molecule has 1 atom stereocenters. The molecule has 2 aromatic rings. The highest BCUT2D eigenvalue weighted by atomic mass is 16.4. The number of carboxylic acids is 1. The molecule has 5 heteroatoms. The zero-order valence-electron chi connectivity index (χ0n) is 11.0. The van der Waals surface area contributed by atoms with Crippen molar-refractivity contribution < 1.29 is 14.3 Å². The van der Waals surface area contributed by atoms with Gasteiger partial charge in [-0.2, -0.15) is 0 Å². The fourth-order valence-corrected chi connectivity index (χ4v) is 2.20. The summed E-state index contributed by atoms with van der Waals surface area (Å²) in [6, 6.07) is 5.61. The highest BCUT2D eigenvalue weighted by Gasteiger charge is 2.12. The third kappa shape index (κ3) is 2.70. The maximum atomic E-state index is 11.6. The maximum Gasteiger partial charge on any atom is 0.419 e. The molecule has 0 saturated carbocycles. The van der Waals surface area contributed by atoms with Crippen LogP contribution in [-0.4, -0.2) is 15.6 Å². The summed E-state index contributed by atoms with van der Waals surface area (Å²) in [4.78, 5) is 22.2. The lowest BCUT2D eigenvalue weighted by Gasteiger charge is -2.10. The van der Waals surface area contributed by atoms with Crippen molar-refractivity contribution in [1.29, 1.82) is 0 Å². The minimum atomic E-state index is -0.795. The number of carbonyl (C=O) groups is 1. The van der Waals surface area contributed by atoms with Gasteiger partial charge in [0.2, 0.25) is 0 Å². The number of carboxylic acid groups (broad SMARTS) is 1. The molecule has 102 valence electrons. The molecule has 19 heavy (non-hydrogen) atoms. The number of rotatable bonds is 5. The van der Waals surface area contributed by atoms with Gasteiger partial charge in [-0.05, 0) is 37.0 Å². The Morgan fingerprint density at radius 2 is 2.21 bits per heavy atom. The first-order chi connectivity index (χ1) is 9.02. The van der Waals surface area contributed by atoms with Gasteiger partial charge in [-0.25, -0.2) is 4.79 Å². The zero-order chi connectivity index (χ0) is 14.0. The van der Waals surface area contributed by atoms with E-state index in [0.29, 0.717) is 18.5 Å². The molecule has 1 unspecified atom stereocenters. The Balaban J connectivity index is 2.31. The fraction of sp³-hybridized carbons (Fsp3) is 0.429. The van der Waals surface area contributed by atoms with Crippen molar-refractivity contribution in [3.05, 3.63) is 34.3 Å². The molecule has 5 nitrogen and oxygen atoms in total. The first-order valence-electron chi connectivity index (χ1n) is 6.38. The van der Waals surface area contributed by atoms with Crippen LogP contribution in [0.4, 0.5) is 0 Å². The number of nitrogens with zero attached hydrogens (tertiary/aromatic N) is 1. The molecule has 1 aromatic carbocycles. The molecule has 0 saturated heterocycles. The van der Waals surface area contributed by atoms with E-state index >= 15 is 0 Å². The number of aromatic nitrogens is 1. The van der Waals surface area contributed by atoms with Crippen LogP contribution < -0.4 is 5.76 Å². The van der Waals surface area contributed by atoms with Gasteiger partial charge in [0.05, 0.1) is 5.52 Å². The summed E-state index contributed by atoms with van der Waals surface area (Å²) in [7, 11) is 0. The van der Waals surface area contributed by atoms with E-state index in [1.54, 1.807) is 4.57 Å². The highest BCUT2D eigenvalue weighted by Crippen LogP contribution is 2.24. The lowest BCUT2D eigenvalue weighted by atomic mass is 9.96. The van der Waals surface area contributed by atoms with Gasteiger partial charge in [0.15, 0.2) is 5.58 Å². The molecule has 1 aromatic heterocycles. The number of fused-ring (bicyclic) bond motifs is 1. The second-order valence-corrected chi connectivity index (χ2v) is 4.67. The number of oxazole rings is 1. The van der Waals surface area contributed by atoms with E-state index in [2.05, 4.69) is 0 Å². The smallest absolute Gasteiger partial charge is 0.419 e. The van der Waals surface area contributed by atoms with E-state index in [9.17, 15) is 9.59 Å². The van der Waals surface area contributed by atoms with Crippen LogP contribution in [-0.2, 0) is 11.3 Å². The summed E-state index contributed by atoms with van der Waals surface area (Å²) in [5.74, 6) is -1.03. The first-order valence-corrected chi connectivity index (χ1v) is 6.38. The lowest BCUT2D eigenvalue weighted by Crippen LogP contribution is -2.11. The average Bonchev–Trinajstić information content (AvgIpc) is 2.69. The number of aliphatic carboxylic acids is 1. The molecular formula is C14H17NO4. The standard InChI is InChI=1S/C14H17NO4/c1-3-15-11-6-5-10(8-12(11)19-14(15)18)9(2)4-7-13(16)17/h5-6,8-9H,3-4,7H2,1-2H3,(H,16,17). The Bertz CT molecular complexity index is 653. The molecule has 1 heterocycles. The molecule has 0 aliphatic rings. The molecule has 0 radical (unpaired) electrons. The molecule has 0 aliphatic carbocycles. The summed E-state index contributed by atoms with van der Waals surface area (Å²) < 4.78 is 6.77. The van der Waals surface area contributed by atoms with Crippen LogP contribution in [0.5, 0.6) is 0 Å². The largest absolute Gasteiger partial charge is 0.481 e. The van der Waals surface area contributed by atoms with Crippen LogP contribution in [0.25, 0.3) is 11.1 Å². The van der Waals surface area contributed by atoms with Gasteiger partial charge >= 0.3 is 11.7 Å². The van der Waals surface area contributed by atoms with E-state index in [-0.39, 0.29) is 18.1 Å². The molecule has 0 amide bonds. The third-order valence-electron chi connectivity index (χ3n) is 3.37. The predicted octanol–water partition coefficient (Wildman–Crippen LogP) is 2.58. The second kappa shape index (κ2) is 5.30. The highest BCUT2D eigenvalue weighted by molar-refractivity contribution is 5.74. The van der Waals surface area contributed by atoms with E-state index in [0.717, 1.165) is 11.1 Å². The minimum absolute atomic E-state index is 0.121. The lowest BCUT2D eigenvalue weighted by molar-refractivity contribution is -0.137. The molecule has 1 N–H and O–H groups in total. The van der Waals surface area contributed by atoms with E-state index < -0.39 is 5.97 Å². The van der Waals surface area contributed by atoms with Crippen molar-refractivity contribution in [3.8, 4) is 0 Å². The molecule has 2 rings (SSSR count). The van der Waals surface area contributed by atoms with Crippen molar-refractivity contribution in [2.75, 3.05) is 0 Å². The number of hydrogen-bond acceptors (Lipinski definition) is 3. The van der Waals surface area contributed by atoms with E-state index in [1.165, 1.54) is 0 Å². The molecule has 0 spiro atoms. The topological polar surface area (TPSA) is 72.4 Å². The third-order valence-corrected chi connectivity index (χ3v) is 3.37. The fourth-order valence-electron chi connectivity index (χ4n) is 2.20. The van der Waals surface area contributed by atoms with Gasteiger partial charge in [-0.1, -0.05) is 13.0 Å². The van der Waals surface area contributed by atoms with Crippen LogP contribution in [0.2, 0.25) is 0 Å². The maximum absolute atomic E-state index is 11.6. The molecule has 0 bridgehead atoms. The number of hydrogen-bond donors (Lipinski definition) is 1. The molecule has 0 aliphatic heterocycles. The van der Waals surface area contributed by atoms with Gasteiger partial charge in [0, 0.05) is 13.0 Å². The Hall–Kier alpha value is -2.04. The van der Waals surface area contributed by atoms with Crippen molar-refractivity contribution >= 4 is 17.1 Å². The quantitative estimate of drug-likeness (QED) is 0.899. The minimum Gasteiger partial charge on any atom is -0.481 e. The Morgan fingerprint density at radius 3 is 2.84 bits per heavy atom. The summed E-state index contributed by atoms with van der Waals surface area (Å²) >= 11 is 0. The van der Waals surface area contributed by atoms with Crippen LogP contribution >= 0.6 is 0 Å². The molecule has 0 fully saturated rings. The second-order valence-electron chi connectivity index (χ2n) is 4.67. The number of aryl methyl sites for hydroxylation is 1. The van der Waals surface area contributed by atoms with Crippen molar-refractivity contribution in [3.63, 3.8) is 0 Å². The number of benzene rings is 1. The summed E-state index contributed by atoms with van der Waals surface area (Å²) in [6.07, 6.45) is 0.707.